The van der Waals surface area contributed by atoms with Crippen molar-refractivity contribution in [3.8, 4) is 0 Å². The summed E-state index contributed by atoms with van der Waals surface area (Å²) in [7, 11) is 0. The smallest absolute Gasteiger partial charge is 0.276 e. The Morgan fingerprint density at radius 3 is 2.45 bits per heavy atom. The van der Waals surface area contributed by atoms with Gasteiger partial charge >= 0.3 is 0 Å². The van der Waals surface area contributed by atoms with Crippen LogP contribution in [-0.2, 0) is 0 Å². The zero-order valence-electron chi connectivity index (χ0n) is 13.0. The van der Waals surface area contributed by atoms with Crippen LogP contribution in [0.25, 0.3) is 0 Å². The van der Waals surface area contributed by atoms with E-state index in [0.29, 0.717) is 17.5 Å². The molecule has 1 unspecified atom stereocenters. The second kappa shape index (κ2) is 6.32. The second-order valence-electron chi connectivity index (χ2n) is 5.74. The van der Waals surface area contributed by atoms with Crippen molar-refractivity contribution in [1.29, 1.82) is 0 Å². The van der Waals surface area contributed by atoms with Gasteiger partial charge in [0.2, 0.25) is 0 Å². The Kier molecular flexibility index (Phi) is 4.24. The maximum absolute atomic E-state index is 12.3. The van der Waals surface area contributed by atoms with Crippen LogP contribution in [0.5, 0.6) is 0 Å². The second-order valence-corrected chi connectivity index (χ2v) is 5.74. The Bertz CT molecular complexity index is 630. The zero-order valence-corrected chi connectivity index (χ0v) is 13.0. The van der Waals surface area contributed by atoms with Crippen molar-refractivity contribution in [2.75, 3.05) is 26.2 Å². The summed E-state index contributed by atoms with van der Waals surface area (Å²) >= 11 is 0. The molecule has 1 aromatic heterocycles. The van der Waals surface area contributed by atoms with Gasteiger partial charge in [-0.05, 0) is 19.4 Å². The van der Waals surface area contributed by atoms with Gasteiger partial charge in [0, 0.05) is 38.3 Å². The van der Waals surface area contributed by atoms with Crippen LogP contribution in [0.2, 0.25) is 0 Å². The standard InChI is InChI=1S/C17H21N3O2/c1-13-12-16(18-22-13)17(21)20-10-8-19(9-11-20)14(2)15-6-4-3-5-7-15/h3-7,12,14H,8-11H2,1-2H3. The van der Waals surface area contributed by atoms with Crippen molar-refractivity contribution < 1.29 is 9.32 Å². The van der Waals surface area contributed by atoms with E-state index in [1.54, 1.807) is 13.0 Å². The number of hydrogen-bond acceptors (Lipinski definition) is 4. The summed E-state index contributed by atoms with van der Waals surface area (Å²) in [5.41, 5.74) is 1.72. The van der Waals surface area contributed by atoms with Gasteiger partial charge in [0.1, 0.15) is 5.76 Å². The number of hydrogen-bond donors (Lipinski definition) is 0. The van der Waals surface area contributed by atoms with Gasteiger partial charge in [-0.15, -0.1) is 0 Å². The van der Waals surface area contributed by atoms with E-state index in [-0.39, 0.29) is 5.91 Å². The van der Waals surface area contributed by atoms with Crippen LogP contribution in [0.3, 0.4) is 0 Å². The molecule has 1 aromatic carbocycles. The third-order valence-corrected chi connectivity index (χ3v) is 4.28. The van der Waals surface area contributed by atoms with E-state index in [4.69, 9.17) is 4.52 Å². The van der Waals surface area contributed by atoms with Crippen LogP contribution in [-0.4, -0.2) is 47.0 Å². The Morgan fingerprint density at radius 2 is 1.86 bits per heavy atom. The first kappa shape index (κ1) is 14.8. The van der Waals surface area contributed by atoms with E-state index in [1.165, 1.54) is 5.56 Å². The molecule has 5 nitrogen and oxygen atoms in total. The zero-order chi connectivity index (χ0) is 15.5. The molecule has 1 saturated heterocycles. The minimum absolute atomic E-state index is 0.0381. The van der Waals surface area contributed by atoms with Gasteiger partial charge in [-0.3, -0.25) is 9.69 Å². The highest BCUT2D eigenvalue weighted by atomic mass is 16.5. The first-order valence-corrected chi connectivity index (χ1v) is 7.67. The molecule has 3 rings (SSSR count). The topological polar surface area (TPSA) is 49.6 Å². The molecule has 1 amide bonds. The Balaban J connectivity index is 1.59. The molecular formula is C17H21N3O2. The van der Waals surface area contributed by atoms with Crippen LogP contribution in [0.1, 0.15) is 34.8 Å². The van der Waals surface area contributed by atoms with Crippen LogP contribution >= 0.6 is 0 Å². The average molecular weight is 299 g/mol. The summed E-state index contributed by atoms with van der Waals surface area (Å²) in [6.45, 7) is 7.21. The van der Waals surface area contributed by atoms with Crippen LogP contribution in [0, 0.1) is 6.92 Å². The van der Waals surface area contributed by atoms with Gasteiger partial charge < -0.3 is 9.42 Å². The number of benzene rings is 1. The first-order valence-electron chi connectivity index (χ1n) is 7.67. The van der Waals surface area contributed by atoms with Crippen molar-refractivity contribution in [2.24, 2.45) is 0 Å². The lowest BCUT2D eigenvalue weighted by molar-refractivity contribution is 0.0572. The largest absolute Gasteiger partial charge is 0.361 e. The highest BCUT2D eigenvalue weighted by Gasteiger charge is 2.26. The normalized spacial score (nSPS) is 17.5. The van der Waals surface area contributed by atoms with Gasteiger partial charge in [0.05, 0.1) is 0 Å². The van der Waals surface area contributed by atoms with Crippen LogP contribution in [0.15, 0.2) is 40.9 Å². The predicted molar refractivity (Wildman–Crippen MR) is 83.6 cm³/mol. The van der Waals surface area contributed by atoms with Crippen LogP contribution in [0.4, 0.5) is 0 Å². The van der Waals surface area contributed by atoms with Crippen LogP contribution < -0.4 is 0 Å². The third kappa shape index (κ3) is 3.04. The van der Waals surface area contributed by atoms with Crippen molar-refractivity contribution in [3.63, 3.8) is 0 Å². The number of amides is 1. The number of piperazine rings is 1. The summed E-state index contributed by atoms with van der Waals surface area (Å²) in [6.07, 6.45) is 0. The number of carbonyl (C=O) groups is 1. The molecule has 0 N–H and O–H groups in total. The van der Waals surface area contributed by atoms with Gasteiger partial charge in [-0.2, -0.15) is 0 Å². The lowest BCUT2D eigenvalue weighted by Gasteiger charge is -2.38. The van der Waals surface area contributed by atoms with E-state index >= 15 is 0 Å². The van der Waals surface area contributed by atoms with E-state index in [2.05, 4.69) is 41.2 Å². The van der Waals surface area contributed by atoms with E-state index < -0.39 is 0 Å². The minimum atomic E-state index is -0.0381. The lowest BCUT2D eigenvalue weighted by atomic mass is 10.1. The molecule has 1 fully saturated rings. The monoisotopic (exact) mass is 299 g/mol. The van der Waals surface area contributed by atoms with Gasteiger partial charge in [-0.25, -0.2) is 0 Å². The minimum Gasteiger partial charge on any atom is -0.361 e. The molecule has 0 saturated carbocycles. The number of rotatable bonds is 3. The molecule has 0 radical (unpaired) electrons. The van der Waals surface area contributed by atoms with E-state index in [1.807, 2.05) is 11.0 Å². The lowest BCUT2D eigenvalue weighted by Crippen LogP contribution is -2.49. The molecule has 22 heavy (non-hydrogen) atoms. The fraction of sp³-hybridized carbons (Fsp3) is 0.412. The molecule has 116 valence electrons. The Labute approximate surface area is 130 Å². The molecule has 2 aromatic rings. The summed E-state index contributed by atoms with van der Waals surface area (Å²) < 4.78 is 4.99. The van der Waals surface area contributed by atoms with Crippen molar-refractivity contribution in [1.82, 2.24) is 15.0 Å². The van der Waals surface area contributed by atoms with Crippen molar-refractivity contribution >= 4 is 5.91 Å². The quantitative estimate of drug-likeness (QED) is 0.874. The van der Waals surface area contributed by atoms with Gasteiger partial charge in [0.15, 0.2) is 5.69 Å². The molecule has 1 aliphatic rings. The summed E-state index contributed by atoms with van der Waals surface area (Å²) in [5, 5.41) is 3.81. The molecule has 0 aliphatic carbocycles. The third-order valence-electron chi connectivity index (χ3n) is 4.28. The van der Waals surface area contributed by atoms with Gasteiger partial charge in [0.25, 0.3) is 5.91 Å². The fourth-order valence-corrected chi connectivity index (χ4v) is 2.88. The molecular weight excluding hydrogens is 278 g/mol. The Hall–Kier alpha value is -2.14. The molecule has 2 heterocycles. The number of aromatic nitrogens is 1. The number of nitrogens with zero attached hydrogens (tertiary/aromatic N) is 3. The summed E-state index contributed by atoms with van der Waals surface area (Å²) in [4.78, 5) is 16.6. The average Bonchev–Trinajstić information content (AvgIpc) is 3.01. The summed E-state index contributed by atoms with van der Waals surface area (Å²) in [5.74, 6) is 0.628. The van der Waals surface area contributed by atoms with E-state index in [0.717, 1.165) is 26.2 Å². The number of carbonyl (C=O) groups excluding carboxylic acids is 1. The summed E-state index contributed by atoms with van der Waals surface area (Å²) in [6, 6.07) is 12.5. The first-order chi connectivity index (χ1) is 10.6. The maximum Gasteiger partial charge on any atom is 0.276 e. The van der Waals surface area contributed by atoms with E-state index in [9.17, 15) is 4.79 Å². The molecule has 1 atom stereocenters. The highest BCUT2D eigenvalue weighted by Crippen LogP contribution is 2.21. The molecule has 0 spiro atoms. The SMILES string of the molecule is Cc1cc(C(=O)N2CCN(C(C)c3ccccc3)CC2)no1. The molecule has 1 aliphatic heterocycles. The number of aryl methyl sites for hydroxylation is 1. The highest BCUT2D eigenvalue weighted by molar-refractivity contribution is 5.92. The fourth-order valence-electron chi connectivity index (χ4n) is 2.88. The van der Waals surface area contributed by atoms with Crippen molar-refractivity contribution in [2.45, 2.75) is 19.9 Å². The maximum atomic E-state index is 12.3. The predicted octanol–water partition coefficient (Wildman–Crippen LogP) is 2.50. The van der Waals surface area contributed by atoms with Crippen molar-refractivity contribution in [3.05, 3.63) is 53.4 Å². The Morgan fingerprint density at radius 1 is 1.18 bits per heavy atom. The molecule has 5 heteroatoms. The van der Waals surface area contributed by atoms with Gasteiger partial charge in [-0.1, -0.05) is 35.5 Å². The molecule has 0 bridgehead atoms.